The number of hydrazine groups is 1. The Bertz CT molecular complexity index is 750. The highest BCUT2D eigenvalue weighted by molar-refractivity contribution is 7.99. The topological polar surface area (TPSA) is 84.5 Å². The molecule has 0 heterocycles. The Balaban J connectivity index is 1.82. The lowest BCUT2D eigenvalue weighted by Crippen LogP contribution is -2.43. The summed E-state index contributed by atoms with van der Waals surface area (Å²) in [4.78, 5) is 36.4. The number of benzene rings is 2. The predicted octanol–water partition coefficient (Wildman–Crippen LogP) is 2.42. The largest absolute Gasteiger partial charge is 0.452 e. The van der Waals surface area contributed by atoms with Gasteiger partial charge >= 0.3 is 5.97 Å². The van der Waals surface area contributed by atoms with Gasteiger partial charge in [0.25, 0.3) is 11.8 Å². The molecule has 7 heteroatoms. The molecule has 0 aliphatic heterocycles. The number of esters is 1. The summed E-state index contributed by atoms with van der Waals surface area (Å²) in [5, 5.41) is 0. The molecule has 2 N–H and O–H groups in total. The van der Waals surface area contributed by atoms with Gasteiger partial charge in [0.1, 0.15) is 0 Å². The van der Waals surface area contributed by atoms with Crippen LogP contribution >= 0.6 is 11.8 Å². The maximum Gasteiger partial charge on any atom is 0.339 e. The number of thioether (sulfide) groups is 1. The first kappa shape index (κ1) is 18.5. The van der Waals surface area contributed by atoms with Crippen LogP contribution in [0.2, 0.25) is 0 Å². The molecular weight excluding hydrogens is 340 g/mol. The molecule has 130 valence electrons. The third-order valence-corrected chi connectivity index (χ3v) is 4.05. The molecular formula is C18H18N2O4S. The summed E-state index contributed by atoms with van der Waals surface area (Å²) in [6, 6.07) is 15.5. The van der Waals surface area contributed by atoms with Crippen LogP contribution in [-0.2, 0) is 9.53 Å². The van der Waals surface area contributed by atoms with E-state index < -0.39 is 24.4 Å². The lowest BCUT2D eigenvalue weighted by Gasteiger charge is -2.10. The molecule has 0 spiro atoms. The monoisotopic (exact) mass is 358 g/mol. The maximum absolute atomic E-state index is 12.1. The number of amides is 2. The van der Waals surface area contributed by atoms with Gasteiger partial charge in [-0.15, -0.1) is 11.8 Å². The Morgan fingerprint density at radius 1 is 0.960 bits per heavy atom. The van der Waals surface area contributed by atoms with Crippen molar-refractivity contribution in [2.24, 2.45) is 0 Å². The van der Waals surface area contributed by atoms with Crippen molar-refractivity contribution in [1.82, 2.24) is 10.9 Å². The van der Waals surface area contributed by atoms with Crippen LogP contribution in [0.1, 0.15) is 27.6 Å². The normalized spacial score (nSPS) is 9.96. The van der Waals surface area contributed by atoms with E-state index in [0.29, 0.717) is 11.1 Å². The standard InChI is InChI=1S/C18H18N2O4S/c1-2-25-15-11-7-6-10-14(15)18(23)24-12-16(21)19-20-17(22)13-8-4-3-5-9-13/h3-11H,2,12H2,1H3,(H,19,21)(H,20,22). The van der Waals surface area contributed by atoms with Crippen molar-refractivity contribution < 1.29 is 19.1 Å². The van der Waals surface area contributed by atoms with Crippen LogP contribution in [0.3, 0.4) is 0 Å². The van der Waals surface area contributed by atoms with E-state index in [4.69, 9.17) is 4.74 Å². The van der Waals surface area contributed by atoms with Gasteiger partial charge < -0.3 is 4.74 Å². The summed E-state index contributed by atoms with van der Waals surface area (Å²) in [5.41, 5.74) is 5.29. The molecule has 0 fully saturated rings. The molecule has 0 saturated heterocycles. The van der Waals surface area contributed by atoms with E-state index >= 15 is 0 Å². The molecule has 2 aromatic rings. The van der Waals surface area contributed by atoms with Crippen LogP contribution in [0.15, 0.2) is 59.5 Å². The fraction of sp³-hybridized carbons (Fsp3) is 0.167. The Kier molecular flexibility index (Phi) is 7.03. The molecule has 0 atom stereocenters. The van der Waals surface area contributed by atoms with E-state index in [9.17, 15) is 14.4 Å². The molecule has 2 rings (SSSR count). The summed E-state index contributed by atoms with van der Waals surface area (Å²) in [6.45, 7) is 1.49. The van der Waals surface area contributed by atoms with E-state index in [1.54, 1.807) is 42.5 Å². The maximum atomic E-state index is 12.1. The Hall–Kier alpha value is -2.80. The van der Waals surface area contributed by atoms with Crippen molar-refractivity contribution in [2.45, 2.75) is 11.8 Å². The number of hydrogen-bond donors (Lipinski definition) is 2. The Morgan fingerprint density at radius 3 is 2.36 bits per heavy atom. The highest BCUT2D eigenvalue weighted by Crippen LogP contribution is 2.22. The lowest BCUT2D eigenvalue weighted by molar-refractivity contribution is -0.125. The van der Waals surface area contributed by atoms with E-state index in [0.717, 1.165) is 10.6 Å². The highest BCUT2D eigenvalue weighted by atomic mass is 32.2. The fourth-order valence-electron chi connectivity index (χ4n) is 1.95. The number of hydrogen-bond acceptors (Lipinski definition) is 5. The molecule has 0 aromatic heterocycles. The first-order valence-corrected chi connectivity index (χ1v) is 8.63. The molecule has 0 unspecified atom stereocenters. The smallest absolute Gasteiger partial charge is 0.339 e. The molecule has 2 amide bonds. The van der Waals surface area contributed by atoms with Crippen LogP contribution in [0.25, 0.3) is 0 Å². The van der Waals surface area contributed by atoms with Gasteiger partial charge in [0, 0.05) is 10.5 Å². The molecule has 2 aromatic carbocycles. The van der Waals surface area contributed by atoms with Crippen LogP contribution < -0.4 is 10.9 Å². The first-order chi connectivity index (χ1) is 12.1. The second-order valence-corrected chi connectivity index (χ2v) is 6.18. The molecule has 0 aliphatic rings. The number of carbonyl (C=O) groups excluding carboxylic acids is 3. The summed E-state index contributed by atoms with van der Waals surface area (Å²) in [7, 11) is 0. The van der Waals surface area contributed by atoms with Crippen molar-refractivity contribution in [3.63, 3.8) is 0 Å². The molecule has 0 saturated carbocycles. The number of rotatable bonds is 6. The minimum atomic E-state index is -0.627. The average Bonchev–Trinajstić information content (AvgIpc) is 2.65. The van der Waals surface area contributed by atoms with Gasteiger partial charge in [0.15, 0.2) is 6.61 Å². The Labute approximate surface area is 149 Å². The molecule has 25 heavy (non-hydrogen) atoms. The van der Waals surface area contributed by atoms with Crippen LogP contribution in [0.4, 0.5) is 0 Å². The number of nitrogens with one attached hydrogen (secondary N) is 2. The average molecular weight is 358 g/mol. The third-order valence-electron chi connectivity index (χ3n) is 3.09. The van der Waals surface area contributed by atoms with Crippen molar-refractivity contribution in [1.29, 1.82) is 0 Å². The van der Waals surface area contributed by atoms with Crippen molar-refractivity contribution in [3.8, 4) is 0 Å². The zero-order valence-corrected chi connectivity index (χ0v) is 14.5. The zero-order chi connectivity index (χ0) is 18.1. The summed E-state index contributed by atoms with van der Waals surface area (Å²) in [5.74, 6) is -0.847. The fourth-order valence-corrected chi connectivity index (χ4v) is 2.74. The van der Waals surface area contributed by atoms with Gasteiger partial charge in [0.2, 0.25) is 0 Å². The van der Waals surface area contributed by atoms with Gasteiger partial charge in [-0.05, 0) is 30.0 Å². The number of ether oxygens (including phenoxy) is 1. The molecule has 6 nitrogen and oxygen atoms in total. The van der Waals surface area contributed by atoms with E-state index in [-0.39, 0.29) is 0 Å². The summed E-state index contributed by atoms with van der Waals surface area (Å²) < 4.78 is 5.00. The number of carbonyl (C=O) groups is 3. The zero-order valence-electron chi connectivity index (χ0n) is 13.7. The second kappa shape index (κ2) is 9.48. The van der Waals surface area contributed by atoms with Crippen molar-refractivity contribution in [3.05, 3.63) is 65.7 Å². The quantitative estimate of drug-likeness (QED) is 0.471. The predicted molar refractivity (Wildman–Crippen MR) is 95.2 cm³/mol. The summed E-state index contributed by atoms with van der Waals surface area (Å²) >= 11 is 1.52. The van der Waals surface area contributed by atoms with E-state index in [2.05, 4.69) is 10.9 Å². The summed E-state index contributed by atoms with van der Waals surface area (Å²) in [6.07, 6.45) is 0. The molecule has 0 bridgehead atoms. The van der Waals surface area contributed by atoms with Gasteiger partial charge in [-0.3, -0.25) is 20.4 Å². The van der Waals surface area contributed by atoms with Crippen molar-refractivity contribution in [2.75, 3.05) is 12.4 Å². The molecule has 0 radical (unpaired) electrons. The van der Waals surface area contributed by atoms with E-state index in [1.807, 2.05) is 19.1 Å². The minimum Gasteiger partial charge on any atom is -0.452 e. The van der Waals surface area contributed by atoms with Gasteiger partial charge in [-0.25, -0.2) is 4.79 Å². The highest BCUT2D eigenvalue weighted by Gasteiger charge is 2.14. The van der Waals surface area contributed by atoms with E-state index in [1.165, 1.54) is 11.8 Å². The first-order valence-electron chi connectivity index (χ1n) is 7.65. The van der Waals surface area contributed by atoms with Crippen LogP contribution in [-0.4, -0.2) is 30.1 Å². The second-order valence-electron chi connectivity index (χ2n) is 4.87. The molecule has 0 aliphatic carbocycles. The SMILES string of the molecule is CCSc1ccccc1C(=O)OCC(=O)NNC(=O)c1ccccc1. The third kappa shape index (κ3) is 5.65. The van der Waals surface area contributed by atoms with Crippen LogP contribution in [0, 0.1) is 0 Å². The van der Waals surface area contributed by atoms with Gasteiger partial charge in [-0.1, -0.05) is 37.3 Å². The lowest BCUT2D eigenvalue weighted by atomic mass is 10.2. The van der Waals surface area contributed by atoms with Gasteiger partial charge in [-0.2, -0.15) is 0 Å². The van der Waals surface area contributed by atoms with Gasteiger partial charge in [0.05, 0.1) is 5.56 Å². The van der Waals surface area contributed by atoms with Crippen molar-refractivity contribution >= 4 is 29.5 Å². The minimum absolute atomic E-state index is 0.408. The Morgan fingerprint density at radius 2 is 1.64 bits per heavy atom. The van der Waals surface area contributed by atoms with Crippen LogP contribution in [0.5, 0.6) is 0 Å².